The van der Waals surface area contributed by atoms with Crippen molar-refractivity contribution < 1.29 is 9.53 Å². The van der Waals surface area contributed by atoms with Crippen LogP contribution in [0.15, 0.2) is 0 Å². The zero-order valence-electron chi connectivity index (χ0n) is 10.8. The van der Waals surface area contributed by atoms with E-state index in [9.17, 15) is 4.79 Å². The van der Waals surface area contributed by atoms with Crippen molar-refractivity contribution in [3.05, 3.63) is 0 Å². The van der Waals surface area contributed by atoms with Crippen LogP contribution in [-0.4, -0.2) is 62.7 Å². The summed E-state index contributed by atoms with van der Waals surface area (Å²) in [5.41, 5.74) is 0. The summed E-state index contributed by atoms with van der Waals surface area (Å²) < 4.78 is 4.78. The van der Waals surface area contributed by atoms with Crippen molar-refractivity contribution in [1.82, 2.24) is 10.2 Å². The van der Waals surface area contributed by atoms with Crippen LogP contribution in [0, 0.1) is 0 Å². The Labute approximate surface area is 103 Å². The lowest BCUT2D eigenvalue weighted by molar-refractivity contribution is -0.143. The number of nitrogens with one attached hydrogen (secondary N) is 1. The number of likely N-dealkylation sites (N-methyl/N-ethyl adjacent to an activating group) is 1. The van der Waals surface area contributed by atoms with Crippen molar-refractivity contribution in [1.29, 1.82) is 0 Å². The summed E-state index contributed by atoms with van der Waals surface area (Å²) in [6.07, 6.45) is 0.832. The quantitative estimate of drug-likeness (QED) is 0.483. The molecule has 0 rings (SSSR count). The van der Waals surface area contributed by atoms with E-state index in [0.29, 0.717) is 0 Å². The van der Waals surface area contributed by atoms with Gasteiger partial charge in [0.15, 0.2) is 0 Å². The Morgan fingerprint density at radius 2 is 2.19 bits per heavy atom. The van der Waals surface area contributed by atoms with Crippen molar-refractivity contribution in [2.24, 2.45) is 0 Å². The van der Waals surface area contributed by atoms with Gasteiger partial charge in [0, 0.05) is 13.1 Å². The minimum Gasteiger partial charge on any atom is -0.468 e. The number of hydrogen-bond acceptors (Lipinski definition) is 5. The summed E-state index contributed by atoms with van der Waals surface area (Å²) in [6.45, 7) is 3.86. The Morgan fingerprint density at radius 1 is 1.50 bits per heavy atom. The normalized spacial score (nSPS) is 12.8. The Hall–Kier alpha value is -0.260. The molecule has 0 aliphatic heterocycles. The zero-order valence-corrected chi connectivity index (χ0v) is 11.6. The predicted molar refractivity (Wildman–Crippen MR) is 70.0 cm³/mol. The lowest BCUT2D eigenvalue weighted by Gasteiger charge is -2.17. The third kappa shape index (κ3) is 7.96. The summed E-state index contributed by atoms with van der Waals surface area (Å²) in [6, 6.07) is -0.163. The topological polar surface area (TPSA) is 41.6 Å². The largest absolute Gasteiger partial charge is 0.468 e. The standard InChI is InChI=1S/C11H24N2O2S/c1-5-16-9-6-10(11(14)15-4)12-7-8-13(2)3/h10,12H,5-9H2,1-4H3. The predicted octanol–water partition coefficient (Wildman–Crippen LogP) is 0.822. The maximum Gasteiger partial charge on any atom is 0.322 e. The summed E-state index contributed by atoms with van der Waals surface area (Å²) in [5, 5.41) is 3.23. The Bertz CT molecular complexity index is 189. The van der Waals surface area contributed by atoms with Gasteiger partial charge in [0.2, 0.25) is 0 Å². The van der Waals surface area contributed by atoms with Gasteiger partial charge < -0.3 is 15.0 Å². The van der Waals surface area contributed by atoms with Gasteiger partial charge in [-0.2, -0.15) is 11.8 Å². The monoisotopic (exact) mass is 248 g/mol. The first-order valence-corrected chi connectivity index (χ1v) is 6.81. The third-order valence-corrected chi connectivity index (χ3v) is 3.12. The molecule has 0 saturated heterocycles. The van der Waals surface area contributed by atoms with Gasteiger partial charge in [-0.25, -0.2) is 0 Å². The van der Waals surface area contributed by atoms with E-state index < -0.39 is 0 Å². The average Bonchev–Trinajstić information content (AvgIpc) is 2.26. The van der Waals surface area contributed by atoms with E-state index in [-0.39, 0.29) is 12.0 Å². The fourth-order valence-corrected chi connectivity index (χ4v) is 1.94. The van der Waals surface area contributed by atoms with Crippen LogP contribution < -0.4 is 5.32 Å². The van der Waals surface area contributed by atoms with Crippen molar-refractivity contribution in [2.75, 3.05) is 45.8 Å². The van der Waals surface area contributed by atoms with E-state index in [1.807, 2.05) is 25.9 Å². The maximum absolute atomic E-state index is 11.5. The van der Waals surface area contributed by atoms with Crippen molar-refractivity contribution in [3.63, 3.8) is 0 Å². The van der Waals surface area contributed by atoms with Gasteiger partial charge in [-0.3, -0.25) is 4.79 Å². The van der Waals surface area contributed by atoms with Gasteiger partial charge in [-0.15, -0.1) is 0 Å². The SMILES string of the molecule is CCSCCC(NCCN(C)C)C(=O)OC. The third-order valence-electron chi connectivity index (χ3n) is 2.19. The second kappa shape index (κ2) is 9.93. The van der Waals surface area contributed by atoms with Crippen LogP contribution in [0.4, 0.5) is 0 Å². The highest BCUT2D eigenvalue weighted by molar-refractivity contribution is 7.99. The van der Waals surface area contributed by atoms with Crippen molar-refractivity contribution >= 4 is 17.7 Å². The molecule has 1 unspecified atom stereocenters. The van der Waals surface area contributed by atoms with Crippen LogP contribution in [0.5, 0.6) is 0 Å². The Morgan fingerprint density at radius 3 is 2.69 bits per heavy atom. The minimum atomic E-state index is -0.163. The van der Waals surface area contributed by atoms with Crippen LogP contribution in [0.1, 0.15) is 13.3 Å². The molecule has 4 nitrogen and oxygen atoms in total. The molecule has 0 aromatic heterocycles. The lowest BCUT2D eigenvalue weighted by Crippen LogP contribution is -2.41. The van der Waals surface area contributed by atoms with Gasteiger partial charge in [0.1, 0.15) is 6.04 Å². The van der Waals surface area contributed by atoms with Crippen LogP contribution in [-0.2, 0) is 9.53 Å². The van der Waals surface area contributed by atoms with E-state index >= 15 is 0 Å². The molecule has 0 aliphatic rings. The highest BCUT2D eigenvalue weighted by atomic mass is 32.2. The second-order valence-corrected chi connectivity index (χ2v) is 5.21. The number of esters is 1. The second-order valence-electron chi connectivity index (χ2n) is 3.82. The molecule has 0 heterocycles. The summed E-state index contributed by atoms with van der Waals surface area (Å²) in [4.78, 5) is 13.6. The van der Waals surface area contributed by atoms with Crippen molar-refractivity contribution in [2.45, 2.75) is 19.4 Å². The number of methoxy groups -OCH3 is 1. The molecule has 16 heavy (non-hydrogen) atoms. The van der Waals surface area contributed by atoms with Crippen LogP contribution >= 0.6 is 11.8 Å². The van der Waals surface area contributed by atoms with Crippen molar-refractivity contribution in [3.8, 4) is 0 Å². The Kier molecular flexibility index (Phi) is 9.77. The molecule has 0 bridgehead atoms. The van der Waals surface area contributed by atoms with Gasteiger partial charge >= 0.3 is 5.97 Å². The molecule has 0 spiro atoms. The number of ether oxygens (including phenoxy) is 1. The maximum atomic E-state index is 11.5. The fraction of sp³-hybridized carbons (Fsp3) is 0.909. The minimum absolute atomic E-state index is 0.157. The van der Waals surface area contributed by atoms with Gasteiger partial charge in [0.25, 0.3) is 0 Å². The summed E-state index contributed by atoms with van der Waals surface area (Å²) in [5.74, 6) is 1.92. The molecular formula is C11H24N2O2S. The number of nitrogens with zero attached hydrogens (tertiary/aromatic N) is 1. The molecule has 1 N–H and O–H groups in total. The zero-order chi connectivity index (χ0) is 12.4. The molecule has 0 saturated carbocycles. The molecule has 5 heteroatoms. The first-order chi connectivity index (χ1) is 7.61. The highest BCUT2D eigenvalue weighted by Gasteiger charge is 2.17. The molecule has 96 valence electrons. The first kappa shape index (κ1) is 15.7. The number of rotatable bonds is 9. The van der Waals surface area contributed by atoms with Gasteiger partial charge in [-0.05, 0) is 32.0 Å². The average molecular weight is 248 g/mol. The van der Waals surface area contributed by atoms with E-state index in [0.717, 1.165) is 31.0 Å². The molecule has 0 aromatic rings. The lowest BCUT2D eigenvalue weighted by atomic mass is 10.2. The number of carbonyl (C=O) groups excluding carboxylic acids is 1. The molecule has 0 fully saturated rings. The molecule has 0 aliphatic carbocycles. The van der Waals surface area contributed by atoms with E-state index in [4.69, 9.17) is 4.74 Å². The number of carbonyl (C=O) groups is 1. The van der Waals surface area contributed by atoms with E-state index in [1.54, 1.807) is 0 Å². The smallest absolute Gasteiger partial charge is 0.322 e. The fourth-order valence-electron chi connectivity index (χ4n) is 1.25. The van der Waals surface area contributed by atoms with Gasteiger partial charge in [0.05, 0.1) is 7.11 Å². The van der Waals surface area contributed by atoms with Crippen LogP contribution in [0.25, 0.3) is 0 Å². The van der Waals surface area contributed by atoms with E-state index in [2.05, 4.69) is 17.1 Å². The molecule has 0 amide bonds. The molecule has 0 aromatic carbocycles. The van der Waals surface area contributed by atoms with Crippen LogP contribution in [0.2, 0.25) is 0 Å². The first-order valence-electron chi connectivity index (χ1n) is 5.65. The highest BCUT2D eigenvalue weighted by Crippen LogP contribution is 2.05. The summed E-state index contributed by atoms with van der Waals surface area (Å²) in [7, 11) is 5.47. The molecular weight excluding hydrogens is 224 g/mol. The summed E-state index contributed by atoms with van der Waals surface area (Å²) >= 11 is 1.85. The number of thioether (sulfide) groups is 1. The Balaban J connectivity index is 3.86. The van der Waals surface area contributed by atoms with Crippen LogP contribution in [0.3, 0.4) is 0 Å². The van der Waals surface area contributed by atoms with Gasteiger partial charge in [-0.1, -0.05) is 6.92 Å². The molecule has 1 atom stereocenters. The van der Waals surface area contributed by atoms with E-state index in [1.165, 1.54) is 7.11 Å². The molecule has 0 radical (unpaired) electrons. The number of hydrogen-bond donors (Lipinski definition) is 1.